The van der Waals surface area contributed by atoms with Crippen molar-refractivity contribution >= 4 is 0 Å². The molecule has 0 radical (unpaired) electrons. The number of hydrogen-bond donors (Lipinski definition) is 1. The van der Waals surface area contributed by atoms with E-state index in [4.69, 9.17) is 19.7 Å². The molecular weight excluding hydrogens is 258 g/mol. The molecule has 2 aromatic heterocycles. The summed E-state index contributed by atoms with van der Waals surface area (Å²) in [5.74, 6) is 1.37. The molecule has 6 nitrogen and oxygen atoms in total. The number of nitrogens with zero attached hydrogens (tertiary/aromatic N) is 2. The minimum Gasteiger partial charge on any atom is -0.486 e. The number of ether oxygens (including phenoxy) is 2. The lowest BCUT2D eigenvalue weighted by molar-refractivity contribution is 0.155. The summed E-state index contributed by atoms with van der Waals surface area (Å²) in [6, 6.07) is 5.70. The molecule has 2 heterocycles. The highest BCUT2D eigenvalue weighted by Crippen LogP contribution is 2.13. The van der Waals surface area contributed by atoms with E-state index in [0.29, 0.717) is 24.7 Å². The molecule has 0 amide bonds. The van der Waals surface area contributed by atoms with Gasteiger partial charge in [-0.05, 0) is 19.1 Å². The average Bonchev–Trinajstić information content (AvgIpc) is 2.86. The van der Waals surface area contributed by atoms with Gasteiger partial charge in [0.25, 0.3) is 0 Å². The fraction of sp³-hybridized carbons (Fsp3) is 0.429. The topological polar surface area (TPSA) is 83.4 Å². The van der Waals surface area contributed by atoms with Crippen molar-refractivity contribution in [1.82, 2.24) is 10.1 Å². The van der Waals surface area contributed by atoms with E-state index >= 15 is 0 Å². The molecule has 20 heavy (non-hydrogen) atoms. The van der Waals surface area contributed by atoms with Crippen LogP contribution in [0.15, 0.2) is 28.9 Å². The molecule has 6 heteroatoms. The van der Waals surface area contributed by atoms with E-state index in [9.17, 15) is 0 Å². The van der Waals surface area contributed by atoms with E-state index in [2.05, 4.69) is 10.1 Å². The van der Waals surface area contributed by atoms with Crippen LogP contribution in [0.5, 0.6) is 5.75 Å². The second-order valence-electron chi connectivity index (χ2n) is 4.67. The van der Waals surface area contributed by atoms with Gasteiger partial charge in [-0.15, -0.1) is 0 Å². The first-order valence-corrected chi connectivity index (χ1v) is 6.44. The quantitative estimate of drug-likeness (QED) is 0.829. The van der Waals surface area contributed by atoms with Crippen LogP contribution in [0.25, 0.3) is 0 Å². The van der Waals surface area contributed by atoms with Crippen LogP contribution in [-0.4, -0.2) is 23.3 Å². The molecule has 1 unspecified atom stereocenters. The first-order valence-electron chi connectivity index (χ1n) is 6.44. The SMILES string of the molecule is COCc1cc(COc2ccc(CC(C)N)nc2)no1. The van der Waals surface area contributed by atoms with Crippen LogP contribution in [0.3, 0.4) is 0 Å². The molecule has 0 aliphatic rings. The van der Waals surface area contributed by atoms with E-state index in [-0.39, 0.29) is 6.04 Å². The number of rotatable bonds is 7. The summed E-state index contributed by atoms with van der Waals surface area (Å²) >= 11 is 0. The van der Waals surface area contributed by atoms with Gasteiger partial charge in [0.15, 0.2) is 5.76 Å². The Kier molecular flexibility index (Phi) is 5.09. The second-order valence-corrected chi connectivity index (χ2v) is 4.67. The molecule has 0 fully saturated rings. The highest BCUT2D eigenvalue weighted by atomic mass is 16.5. The molecule has 2 aromatic rings. The van der Waals surface area contributed by atoms with E-state index < -0.39 is 0 Å². The predicted octanol–water partition coefficient (Wildman–Crippen LogP) is 1.68. The van der Waals surface area contributed by atoms with Crippen molar-refractivity contribution in [2.24, 2.45) is 5.73 Å². The van der Waals surface area contributed by atoms with Gasteiger partial charge in [0.2, 0.25) is 0 Å². The van der Waals surface area contributed by atoms with Crippen LogP contribution in [0.4, 0.5) is 0 Å². The van der Waals surface area contributed by atoms with E-state index in [1.165, 1.54) is 0 Å². The smallest absolute Gasteiger partial charge is 0.162 e. The molecule has 0 saturated heterocycles. The van der Waals surface area contributed by atoms with Gasteiger partial charge in [0, 0.05) is 31.3 Å². The van der Waals surface area contributed by atoms with Gasteiger partial charge in [0.05, 0.1) is 6.20 Å². The monoisotopic (exact) mass is 277 g/mol. The van der Waals surface area contributed by atoms with Crippen LogP contribution in [0, 0.1) is 0 Å². The molecule has 0 spiro atoms. The Morgan fingerprint density at radius 2 is 2.15 bits per heavy atom. The van der Waals surface area contributed by atoms with Crippen LogP contribution >= 0.6 is 0 Å². The van der Waals surface area contributed by atoms with Crippen molar-refractivity contribution in [1.29, 1.82) is 0 Å². The minimum atomic E-state index is 0.101. The van der Waals surface area contributed by atoms with Gasteiger partial charge in [-0.2, -0.15) is 0 Å². The van der Waals surface area contributed by atoms with Crippen molar-refractivity contribution in [3.8, 4) is 5.75 Å². The van der Waals surface area contributed by atoms with E-state index in [1.54, 1.807) is 19.4 Å². The van der Waals surface area contributed by atoms with Crippen LogP contribution in [-0.2, 0) is 24.4 Å². The standard InChI is InChI=1S/C14H19N3O3/c1-10(15)5-11-3-4-13(7-16-11)19-8-12-6-14(9-18-2)20-17-12/h3-4,6-7,10H,5,8-9,15H2,1-2H3. The lowest BCUT2D eigenvalue weighted by atomic mass is 10.2. The summed E-state index contributed by atoms with van der Waals surface area (Å²) < 4.78 is 15.6. The van der Waals surface area contributed by atoms with E-state index in [0.717, 1.165) is 17.8 Å². The van der Waals surface area contributed by atoms with Gasteiger partial charge in [-0.3, -0.25) is 4.98 Å². The molecule has 2 N–H and O–H groups in total. The van der Waals surface area contributed by atoms with Crippen molar-refractivity contribution < 1.29 is 14.0 Å². The normalized spacial score (nSPS) is 12.3. The zero-order valence-electron chi connectivity index (χ0n) is 11.7. The third kappa shape index (κ3) is 4.32. The molecule has 0 aliphatic heterocycles. The zero-order chi connectivity index (χ0) is 14.4. The Morgan fingerprint density at radius 3 is 2.80 bits per heavy atom. The molecule has 1 atom stereocenters. The van der Waals surface area contributed by atoms with Gasteiger partial charge in [-0.1, -0.05) is 5.16 Å². The largest absolute Gasteiger partial charge is 0.486 e. The third-order valence-electron chi connectivity index (χ3n) is 2.61. The first kappa shape index (κ1) is 14.5. The molecule has 2 rings (SSSR count). The van der Waals surface area contributed by atoms with Gasteiger partial charge in [-0.25, -0.2) is 0 Å². The Bertz CT molecular complexity index is 523. The zero-order valence-corrected chi connectivity index (χ0v) is 11.7. The average molecular weight is 277 g/mol. The van der Waals surface area contributed by atoms with Crippen LogP contribution in [0.1, 0.15) is 24.1 Å². The Balaban J connectivity index is 1.86. The molecule has 108 valence electrons. The summed E-state index contributed by atoms with van der Waals surface area (Å²) in [6.07, 6.45) is 2.44. The van der Waals surface area contributed by atoms with E-state index in [1.807, 2.05) is 19.1 Å². The Labute approximate surface area is 117 Å². The fourth-order valence-corrected chi connectivity index (χ4v) is 1.74. The van der Waals surface area contributed by atoms with Crippen molar-refractivity contribution in [2.75, 3.05) is 7.11 Å². The summed E-state index contributed by atoms with van der Waals surface area (Å²) in [6.45, 7) is 2.69. The van der Waals surface area contributed by atoms with Crippen molar-refractivity contribution in [3.05, 3.63) is 41.5 Å². The van der Waals surface area contributed by atoms with Crippen molar-refractivity contribution in [3.63, 3.8) is 0 Å². The maximum absolute atomic E-state index is 5.72. The van der Waals surface area contributed by atoms with Gasteiger partial charge in [0.1, 0.15) is 24.7 Å². The molecule has 0 saturated carbocycles. The number of nitrogens with two attached hydrogens (primary N) is 1. The second kappa shape index (κ2) is 7.02. The fourth-order valence-electron chi connectivity index (χ4n) is 1.74. The lowest BCUT2D eigenvalue weighted by Crippen LogP contribution is -2.18. The maximum Gasteiger partial charge on any atom is 0.162 e. The number of methoxy groups -OCH3 is 1. The Morgan fingerprint density at radius 1 is 1.30 bits per heavy atom. The highest BCUT2D eigenvalue weighted by Gasteiger charge is 2.05. The summed E-state index contributed by atoms with van der Waals surface area (Å²) in [5, 5.41) is 3.89. The van der Waals surface area contributed by atoms with Crippen molar-refractivity contribution in [2.45, 2.75) is 32.6 Å². The minimum absolute atomic E-state index is 0.101. The highest BCUT2D eigenvalue weighted by molar-refractivity contribution is 5.20. The summed E-state index contributed by atoms with van der Waals surface area (Å²) in [4.78, 5) is 4.30. The lowest BCUT2D eigenvalue weighted by Gasteiger charge is -2.06. The van der Waals surface area contributed by atoms with Gasteiger partial charge < -0.3 is 19.7 Å². The van der Waals surface area contributed by atoms with Crippen LogP contribution < -0.4 is 10.5 Å². The number of aromatic nitrogens is 2. The Hall–Kier alpha value is -1.92. The number of hydrogen-bond acceptors (Lipinski definition) is 6. The summed E-state index contributed by atoms with van der Waals surface area (Å²) in [7, 11) is 1.61. The third-order valence-corrected chi connectivity index (χ3v) is 2.61. The first-order chi connectivity index (χ1) is 9.67. The molecule has 0 aliphatic carbocycles. The number of pyridine rings is 1. The maximum atomic E-state index is 5.72. The molecule has 0 bridgehead atoms. The molecular formula is C14H19N3O3. The summed E-state index contributed by atoms with van der Waals surface area (Å²) in [5.41, 5.74) is 7.40. The molecule has 0 aromatic carbocycles. The van der Waals surface area contributed by atoms with Gasteiger partial charge >= 0.3 is 0 Å². The predicted molar refractivity (Wildman–Crippen MR) is 73.1 cm³/mol. The van der Waals surface area contributed by atoms with Crippen LogP contribution in [0.2, 0.25) is 0 Å².